The number of methoxy groups -OCH3 is 1. The van der Waals surface area contributed by atoms with Gasteiger partial charge in [-0.1, -0.05) is 28.1 Å². The van der Waals surface area contributed by atoms with Crippen LogP contribution in [0.25, 0.3) is 0 Å². The molecule has 7 heteroatoms. The topological polar surface area (TPSA) is 79.2 Å². The molecule has 1 fully saturated rings. The van der Waals surface area contributed by atoms with Crippen molar-refractivity contribution < 1.29 is 13.2 Å². The number of benzene rings is 1. The lowest BCUT2D eigenvalue weighted by molar-refractivity contribution is 0.286. The van der Waals surface area contributed by atoms with Crippen molar-refractivity contribution in [3.05, 3.63) is 34.3 Å². The predicted molar refractivity (Wildman–Crippen MR) is 90.6 cm³/mol. The Kier molecular flexibility index (Phi) is 5.29. The lowest BCUT2D eigenvalue weighted by atomic mass is 9.79. The molecule has 122 valence electrons. The molecule has 0 radical (unpaired) electrons. The minimum Gasteiger partial charge on any atom is -0.484 e. The molecular formula is C15H21BrN2O3S. The first-order chi connectivity index (χ1) is 10.2. The molecule has 5 nitrogen and oxygen atoms in total. The van der Waals surface area contributed by atoms with Crippen molar-refractivity contribution in [3.63, 3.8) is 0 Å². The summed E-state index contributed by atoms with van der Waals surface area (Å²) in [6.45, 7) is 0. The molecule has 0 amide bonds. The molecule has 2 N–H and O–H groups in total. The Bertz CT molecular complexity index is 663. The van der Waals surface area contributed by atoms with E-state index in [1.807, 2.05) is 24.3 Å². The monoisotopic (exact) mass is 388 g/mol. The maximum Gasteiger partial charge on any atom is 0.208 e. The zero-order chi connectivity index (χ0) is 16.4. The molecule has 1 saturated carbocycles. The Morgan fingerprint density at radius 1 is 1.55 bits per heavy atom. The molecular weight excluding hydrogens is 368 g/mol. The molecule has 2 atom stereocenters. The van der Waals surface area contributed by atoms with Crippen molar-refractivity contribution in [2.24, 2.45) is 5.41 Å². The van der Waals surface area contributed by atoms with E-state index < -0.39 is 15.4 Å². The molecule has 0 aliphatic heterocycles. The van der Waals surface area contributed by atoms with E-state index in [2.05, 4.69) is 20.7 Å². The van der Waals surface area contributed by atoms with Gasteiger partial charge in [-0.25, -0.2) is 13.1 Å². The van der Waals surface area contributed by atoms with Gasteiger partial charge in [0.05, 0.1) is 18.8 Å². The summed E-state index contributed by atoms with van der Waals surface area (Å²) in [5, 5.41) is 8.20. The van der Waals surface area contributed by atoms with Gasteiger partial charge in [-0.2, -0.15) is 0 Å². The molecule has 2 rings (SSSR count). The van der Waals surface area contributed by atoms with Crippen molar-refractivity contribution in [1.82, 2.24) is 4.72 Å². The number of rotatable bonds is 5. The third-order valence-electron chi connectivity index (χ3n) is 4.11. The predicted octanol–water partition coefficient (Wildman–Crippen LogP) is 2.70. The Balaban J connectivity index is 2.22. The smallest absolute Gasteiger partial charge is 0.208 e. The lowest BCUT2D eigenvalue weighted by Gasteiger charge is -2.29. The van der Waals surface area contributed by atoms with Crippen LogP contribution in [0.2, 0.25) is 0 Å². The van der Waals surface area contributed by atoms with Gasteiger partial charge in [0.25, 0.3) is 0 Å². The second kappa shape index (κ2) is 6.68. The van der Waals surface area contributed by atoms with Gasteiger partial charge in [0.2, 0.25) is 10.0 Å². The number of ether oxygens (including phenoxy) is 1. The van der Waals surface area contributed by atoms with Crippen LogP contribution in [-0.2, 0) is 21.2 Å². The fraction of sp³-hybridized carbons (Fsp3) is 0.533. The standard InChI is InChI=1S/C15H21BrN2O3S/c1-21-14(17)15(9-11-4-3-5-12(16)8-11)7-6-13(10-15)18-22(2,19)20/h3-5,8,13,17-18H,6-7,9-10H2,1-2H3/t13-,15+/m0/s1. The first kappa shape index (κ1) is 17.4. The molecule has 0 heterocycles. The molecule has 0 bridgehead atoms. The lowest BCUT2D eigenvalue weighted by Crippen LogP contribution is -2.36. The molecule has 1 aromatic carbocycles. The summed E-state index contributed by atoms with van der Waals surface area (Å²) < 4.78 is 31.7. The zero-order valence-corrected chi connectivity index (χ0v) is 15.1. The van der Waals surface area contributed by atoms with E-state index in [1.54, 1.807) is 0 Å². The fourth-order valence-electron chi connectivity index (χ4n) is 3.23. The normalized spacial score (nSPS) is 25.1. The molecule has 0 unspecified atom stereocenters. The van der Waals surface area contributed by atoms with Gasteiger partial charge in [-0.05, 0) is 43.4 Å². The highest BCUT2D eigenvalue weighted by Gasteiger charge is 2.44. The molecule has 1 aliphatic rings. The van der Waals surface area contributed by atoms with Gasteiger partial charge in [0, 0.05) is 10.5 Å². The third-order valence-corrected chi connectivity index (χ3v) is 5.36. The summed E-state index contributed by atoms with van der Waals surface area (Å²) in [5.74, 6) is 0.227. The van der Waals surface area contributed by atoms with Crippen molar-refractivity contribution in [1.29, 1.82) is 5.41 Å². The quantitative estimate of drug-likeness (QED) is 0.600. The van der Waals surface area contributed by atoms with Gasteiger partial charge < -0.3 is 4.74 Å². The average Bonchev–Trinajstić information content (AvgIpc) is 2.79. The summed E-state index contributed by atoms with van der Waals surface area (Å²) in [6, 6.07) is 7.83. The van der Waals surface area contributed by atoms with E-state index in [0.717, 1.165) is 16.5 Å². The SMILES string of the molecule is COC(=N)[C@@]1(Cc2cccc(Br)c2)CC[C@H](NS(C)(=O)=O)C1. The number of hydrogen-bond donors (Lipinski definition) is 2. The van der Waals surface area contributed by atoms with Gasteiger partial charge in [0.1, 0.15) is 0 Å². The first-order valence-corrected chi connectivity index (χ1v) is 9.77. The largest absolute Gasteiger partial charge is 0.484 e. The van der Waals surface area contributed by atoms with Crippen molar-refractivity contribution in [2.45, 2.75) is 31.7 Å². The van der Waals surface area contributed by atoms with Crippen LogP contribution in [0.15, 0.2) is 28.7 Å². The summed E-state index contributed by atoms with van der Waals surface area (Å²) in [5.41, 5.74) is 0.661. The molecule has 1 aromatic rings. The molecule has 1 aliphatic carbocycles. The second-order valence-electron chi connectivity index (χ2n) is 5.95. The van der Waals surface area contributed by atoms with E-state index in [1.165, 1.54) is 13.4 Å². The summed E-state index contributed by atoms with van der Waals surface area (Å²) >= 11 is 3.46. The van der Waals surface area contributed by atoms with E-state index in [9.17, 15) is 8.42 Å². The minimum absolute atomic E-state index is 0.141. The summed E-state index contributed by atoms with van der Waals surface area (Å²) in [7, 11) is -1.74. The van der Waals surface area contributed by atoms with Crippen LogP contribution in [-0.4, -0.2) is 33.7 Å². The average molecular weight is 389 g/mol. The second-order valence-corrected chi connectivity index (χ2v) is 8.65. The zero-order valence-electron chi connectivity index (χ0n) is 12.7. The maximum atomic E-state index is 11.4. The highest BCUT2D eigenvalue weighted by Crippen LogP contribution is 2.42. The molecule has 22 heavy (non-hydrogen) atoms. The van der Waals surface area contributed by atoms with Crippen LogP contribution in [0.4, 0.5) is 0 Å². The molecule has 0 aromatic heterocycles. The maximum absolute atomic E-state index is 11.4. The van der Waals surface area contributed by atoms with Crippen LogP contribution in [0.1, 0.15) is 24.8 Å². The number of nitrogens with one attached hydrogen (secondary N) is 2. The minimum atomic E-state index is -3.24. The van der Waals surface area contributed by atoms with E-state index in [4.69, 9.17) is 10.1 Å². The first-order valence-electron chi connectivity index (χ1n) is 7.09. The Labute approximate surface area is 140 Å². The number of hydrogen-bond acceptors (Lipinski definition) is 4. The van der Waals surface area contributed by atoms with Crippen LogP contribution in [0.3, 0.4) is 0 Å². The number of halogens is 1. The number of sulfonamides is 1. The van der Waals surface area contributed by atoms with E-state index >= 15 is 0 Å². The Morgan fingerprint density at radius 3 is 2.86 bits per heavy atom. The van der Waals surface area contributed by atoms with Crippen LogP contribution >= 0.6 is 15.9 Å². The fourth-order valence-corrected chi connectivity index (χ4v) is 4.48. The molecule has 0 spiro atoms. The van der Waals surface area contributed by atoms with E-state index in [0.29, 0.717) is 19.3 Å². The Hall–Kier alpha value is -0.920. The summed E-state index contributed by atoms with van der Waals surface area (Å²) in [6.07, 6.45) is 3.87. The van der Waals surface area contributed by atoms with Gasteiger partial charge in [0.15, 0.2) is 5.90 Å². The van der Waals surface area contributed by atoms with Crippen LogP contribution in [0, 0.1) is 10.8 Å². The van der Waals surface area contributed by atoms with Gasteiger partial charge in [-0.3, -0.25) is 5.41 Å². The highest BCUT2D eigenvalue weighted by atomic mass is 79.9. The van der Waals surface area contributed by atoms with Gasteiger partial charge in [-0.15, -0.1) is 0 Å². The van der Waals surface area contributed by atoms with Crippen LogP contribution < -0.4 is 4.72 Å². The van der Waals surface area contributed by atoms with E-state index in [-0.39, 0.29) is 11.9 Å². The van der Waals surface area contributed by atoms with Crippen molar-refractivity contribution >= 4 is 31.9 Å². The summed E-state index contributed by atoms with van der Waals surface area (Å²) in [4.78, 5) is 0. The molecule has 0 saturated heterocycles. The van der Waals surface area contributed by atoms with Crippen molar-refractivity contribution in [2.75, 3.05) is 13.4 Å². The highest BCUT2D eigenvalue weighted by molar-refractivity contribution is 9.10. The Morgan fingerprint density at radius 2 is 2.27 bits per heavy atom. The van der Waals surface area contributed by atoms with Crippen LogP contribution in [0.5, 0.6) is 0 Å². The third kappa shape index (κ3) is 4.30. The van der Waals surface area contributed by atoms with Crippen molar-refractivity contribution in [3.8, 4) is 0 Å². The van der Waals surface area contributed by atoms with Gasteiger partial charge >= 0.3 is 0 Å².